The second-order valence-corrected chi connectivity index (χ2v) is 28.1. The Balaban J connectivity index is 5.17. The Morgan fingerprint density at radius 1 is 0.314 bits per heavy atom. The van der Waals surface area contributed by atoms with Gasteiger partial charge in [0.1, 0.15) is 19.3 Å². The number of ether oxygens (including phenoxy) is 4. The van der Waals surface area contributed by atoms with E-state index >= 15 is 0 Å². The van der Waals surface area contributed by atoms with Gasteiger partial charge in [-0.05, 0) is 37.5 Å². The van der Waals surface area contributed by atoms with Crippen LogP contribution < -0.4 is 0 Å². The molecule has 5 atom stereocenters. The summed E-state index contributed by atoms with van der Waals surface area (Å²) >= 11 is 0. The summed E-state index contributed by atoms with van der Waals surface area (Å²) < 4.78 is 68.0. The third-order valence-corrected chi connectivity index (χ3v) is 17.4. The number of phosphoric ester groups is 2. The molecule has 0 aromatic carbocycles. The van der Waals surface area contributed by atoms with Gasteiger partial charge < -0.3 is 33.8 Å². The fraction of sp³-hybridized carbons (Fsp3) is 0.940. The Hall–Kier alpha value is -1.94. The van der Waals surface area contributed by atoms with E-state index in [1.165, 1.54) is 148 Å². The number of aliphatic hydroxyl groups excluding tert-OH is 1. The fourth-order valence-electron chi connectivity index (χ4n) is 10.1. The zero-order chi connectivity index (χ0) is 63.6. The molecule has 19 heteroatoms. The van der Waals surface area contributed by atoms with E-state index in [1.54, 1.807) is 0 Å². The van der Waals surface area contributed by atoms with E-state index in [0.717, 1.165) is 108 Å². The van der Waals surface area contributed by atoms with Crippen LogP contribution in [-0.2, 0) is 65.4 Å². The van der Waals surface area contributed by atoms with Crippen LogP contribution in [0, 0.1) is 11.8 Å². The summed E-state index contributed by atoms with van der Waals surface area (Å²) in [5, 5.41) is 10.5. The van der Waals surface area contributed by atoms with Crippen molar-refractivity contribution < 1.29 is 80.2 Å². The average Bonchev–Trinajstić information content (AvgIpc) is 3.55. The zero-order valence-corrected chi connectivity index (χ0v) is 57.4. The zero-order valence-electron chi connectivity index (χ0n) is 55.6. The SMILES string of the molecule is CCCCCCCCCCCCCCCCC(=O)OC[C@H](COP(=O)(O)OC[C@@H](O)COP(=O)(O)OC[C@@H](COC(=O)CCCCCCC)OC(=O)CCCCCCCCCCCCC(C)C)OC(=O)CCCCCCCCCCCCCC(C)C. The van der Waals surface area contributed by atoms with Crippen LogP contribution in [0.15, 0.2) is 0 Å². The van der Waals surface area contributed by atoms with Crippen molar-refractivity contribution in [1.29, 1.82) is 0 Å². The van der Waals surface area contributed by atoms with Gasteiger partial charge in [-0.1, -0.05) is 286 Å². The molecule has 17 nitrogen and oxygen atoms in total. The van der Waals surface area contributed by atoms with E-state index in [1.807, 2.05) is 0 Å². The van der Waals surface area contributed by atoms with Crippen LogP contribution in [-0.4, -0.2) is 96.7 Å². The van der Waals surface area contributed by atoms with E-state index < -0.39 is 97.5 Å². The lowest BCUT2D eigenvalue weighted by molar-refractivity contribution is -0.161. The summed E-state index contributed by atoms with van der Waals surface area (Å²) in [6.07, 6.45) is 43.3. The molecular formula is C67H130O17P2. The number of carbonyl (C=O) groups excluding carboxylic acids is 4. The number of esters is 4. The smallest absolute Gasteiger partial charge is 0.462 e. The number of phosphoric acid groups is 2. The Morgan fingerprint density at radius 3 is 0.791 bits per heavy atom. The van der Waals surface area contributed by atoms with Gasteiger partial charge in [-0.25, -0.2) is 9.13 Å². The van der Waals surface area contributed by atoms with Gasteiger partial charge in [0.05, 0.1) is 26.4 Å². The van der Waals surface area contributed by atoms with E-state index in [0.29, 0.717) is 25.7 Å². The van der Waals surface area contributed by atoms with E-state index in [2.05, 4.69) is 41.5 Å². The predicted octanol–water partition coefficient (Wildman–Crippen LogP) is 18.8. The normalized spacial score (nSPS) is 14.2. The van der Waals surface area contributed by atoms with Gasteiger partial charge in [-0.3, -0.25) is 37.3 Å². The Kier molecular flexibility index (Phi) is 58.0. The van der Waals surface area contributed by atoms with Crippen molar-refractivity contribution in [1.82, 2.24) is 0 Å². The number of carbonyl (C=O) groups is 4. The molecule has 86 heavy (non-hydrogen) atoms. The third kappa shape index (κ3) is 60.9. The van der Waals surface area contributed by atoms with Crippen molar-refractivity contribution in [2.75, 3.05) is 39.6 Å². The highest BCUT2D eigenvalue weighted by molar-refractivity contribution is 7.47. The first-order valence-electron chi connectivity index (χ1n) is 35.0. The van der Waals surface area contributed by atoms with Gasteiger partial charge in [0.15, 0.2) is 12.2 Å². The summed E-state index contributed by atoms with van der Waals surface area (Å²) in [6.45, 7) is 9.43. The number of rotatable bonds is 66. The summed E-state index contributed by atoms with van der Waals surface area (Å²) in [7, 11) is -9.89. The standard InChI is InChI=1S/C67H130O17P2/c1-7-9-11-13-14-15-16-17-18-21-27-32-38-44-50-65(70)78-56-63(84-67(72)51-45-39-33-28-22-19-20-25-30-36-41-47-59(3)4)58-82-86(75,76)80-54-61(68)53-79-85(73,74)81-57-62(55-77-64(69)49-43-35-12-10-8-2)83-66(71)52-46-40-34-29-24-23-26-31-37-42-48-60(5)6/h59-63,68H,7-58H2,1-6H3,(H,73,74)(H,75,76)/t61-,62+,63+/m0/s1. The molecule has 0 aliphatic carbocycles. The Bertz CT molecular complexity index is 1680. The molecule has 0 spiro atoms. The second-order valence-electron chi connectivity index (χ2n) is 25.2. The molecule has 0 rings (SSSR count). The molecule has 2 unspecified atom stereocenters. The van der Waals surface area contributed by atoms with Crippen molar-refractivity contribution in [2.45, 2.75) is 355 Å². The largest absolute Gasteiger partial charge is 0.472 e. The molecule has 0 bridgehead atoms. The molecule has 0 radical (unpaired) electrons. The number of hydrogen-bond acceptors (Lipinski definition) is 15. The second kappa shape index (κ2) is 59.4. The summed E-state index contributed by atoms with van der Waals surface area (Å²) in [5.74, 6) is -0.621. The Labute approximate surface area is 524 Å². The number of hydrogen-bond donors (Lipinski definition) is 3. The van der Waals surface area contributed by atoms with Crippen molar-refractivity contribution in [3.05, 3.63) is 0 Å². The van der Waals surface area contributed by atoms with Crippen molar-refractivity contribution >= 4 is 39.5 Å². The molecule has 0 aromatic rings. The number of aliphatic hydroxyl groups is 1. The van der Waals surface area contributed by atoms with Gasteiger partial charge in [-0.2, -0.15) is 0 Å². The molecule has 510 valence electrons. The molecule has 0 amide bonds. The lowest BCUT2D eigenvalue weighted by atomic mass is 10.0. The first-order chi connectivity index (χ1) is 41.4. The van der Waals surface area contributed by atoms with Gasteiger partial charge >= 0.3 is 39.5 Å². The highest BCUT2D eigenvalue weighted by Gasteiger charge is 2.30. The highest BCUT2D eigenvalue weighted by atomic mass is 31.2. The van der Waals surface area contributed by atoms with Crippen molar-refractivity contribution in [3.8, 4) is 0 Å². The van der Waals surface area contributed by atoms with Crippen LogP contribution in [0.3, 0.4) is 0 Å². The minimum absolute atomic E-state index is 0.105. The quantitative estimate of drug-likeness (QED) is 0.0222. The molecule has 3 N–H and O–H groups in total. The fourth-order valence-corrected chi connectivity index (χ4v) is 11.6. The third-order valence-electron chi connectivity index (χ3n) is 15.5. The van der Waals surface area contributed by atoms with E-state index in [-0.39, 0.29) is 25.7 Å². The molecule has 0 saturated carbocycles. The van der Waals surface area contributed by atoms with Crippen LogP contribution in [0.4, 0.5) is 0 Å². The van der Waals surface area contributed by atoms with Gasteiger partial charge in [0.2, 0.25) is 0 Å². The van der Waals surface area contributed by atoms with Gasteiger partial charge in [-0.15, -0.1) is 0 Å². The topological polar surface area (TPSA) is 237 Å². The molecule has 0 saturated heterocycles. The molecule has 0 aliphatic rings. The monoisotopic (exact) mass is 1270 g/mol. The van der Waals surface area contributed by atoms with Gasteiger partial charge in [0.25, 0.3) is 0 Å². The highest BCUT2D eigenvalue weighted by Crippen LogP contribution is 2.45. The number of unbranched alkanes of at least 4 members (excludes halogenated alkanes) is 36. The van der Waals surface area contributed by atoms with Crippen molar-refractivity contribution in [3.63, 3.8) is 0 Å². The minimum atomic E-state index is -4.95. The predicted molar refractivity (Wildman–Crippen MR) is 345 cm³/mol. The van der Waals surface area contributed by atoms with Crippen LogP contribution in [0.1, 0.15) is 337 Å². The lowest BCUT2D eigenvalue weighted by Crippen LogP contribution is -2.30. The maximum absolute atomic E-state index is 13.0. The van der Waals surface area contributed by atoms with Crippen LogP contribution in [0.2, 0.25) is 0 Å². The maximum atomic E-state index is 13.0. The lowest BCUT2D eigenvalue weighted by Gasteiger charge is -2.21. The minimum Gasteiger partial charge on any atom is -0.462 e. The molecule has 0 aromatic heterocycles. The molecule has 0 fully saturated rings. The molecule has 0 heterocycles. The molecule has 0 aliphatic heterocycles. The first kappa shape index (κ1) is 84.1. The van der Waals surface area contributed by atoms with Crippen LogP contribution in [0.25, 0.3) is 0 Å². The molecular weight excluding hydrogens is 1140 g/mol. The average molecular weight is 1270 g/mol. The first-order valence-corrected chi connectivity index (χ1v) is 38.0. The van der Waals surface area contributed by atoms with E-state index in [9.17, 15) is 43.2 Å². The van der Waals surface area contributed by atoms with E-state index in [4.69, 9.17) is 37.0 Å². The Morgan fingerprint density at radius 2 is 0.535 bits per heavy atom. The summed E-state index contributed by atoms with van der Waals surface area (Å²) in [5.41, 5.74) is 0. The summed E-state index contributed by atoms with van der Waals surface area (Å²) in [6, 6.07) is 0. The van der Waals surface area contributed by atoms with Crippen LogP contribution >= 0.6 is 15.6 Å². The van der Waals surface area contributed by atoms with Gasteiger partial charge in [0, 0.05) is 25.7 Å². The van der Waals surface area contributed by atoms with Crippen LogP contribution in [0.5, 0.6) is 0 Å². The van der Waals surface area contributed by atoms with Crippen molar-refractivity contribution in [2.24, 2.45) is 11.8 Å². The maximum Gasteiger partial charge on any atom is 0.472 e. The summed E-state index contributed by atoms with van der Waals surface area (Å²) in [4.78, 5) is 72.2.